The summed E-state index contributed by atoms with van der Waals surface area (Å²) in [6.07, 6.45) is 1.15. The van der Waals surface area contributed by atoms with Gasteiger partial charge in [-0.25, -0.2) is 0 Å². The molecule has 0 unspecified atom stereocenters. The molecule has 1 amide bonds. The summed E-state index contributed by atoms with van der Waals surface area (Å²) in [5.41, 5.74) is 2.37. The third-order valence-electron chi connectivity index (χ3n) is 8.26. The van der Waals surface area contributed by atoms with Gasteiger partial charge in [-0.1, -0.05) is 65.7 Å². The molecule has 0 radical (unpaired) electrons. The van der Waals surface area contributed by atoms with E-state index in [4.69, 9.17) is 32.7 Å². The molecule has 6 nitrogen and oxygen atoms in total. The van der Waals surface area contributed by atoms with E-state index in [9.17, 15) is 14.7 Å². The molecule has 0 aromatic heterocycles. The third-order valence-corrected chi connectivity index (χ3v) is 8.75. The van der Waals surface area contributed by atoms with Crippen LogP contribution in [0.4, 0.5) is 0 Å². The molecule has 3 aromatic carbocycles. The van der Waals surface area contributed by atoms with Crippen molar-refractivity contribution in [1.82, 2.24) is 4.90 Å². The number of benzene rings is 3. The number of rotatable bonds is 9. The van der Waals surface area contributed by atoms with Crippen molar-refractivity contribution in [3.63, 3.8) is 0 Å². The third kappa shape index (κ3) is 6.88. The van der Waals surface area contributed by atoms with Crippen LogP contribution in [0.2, 0.25) is 10.0 Å². The highest BCUT2D eigenvalue weighted by atomic mass is 35.5. The first-order valence-electron chi connectivity index (χ1n) is 14.0. The second-order valence-corrected chi connectivity index (χ2v) is 12.4. The maximum atomic E-state index is 14.4. The van der Waals surface area contributed by atoms with Crippen molar-refractivity contribution in [2.24, 2.45) is 11.8 Å². The topological polar surface area (TPSA) is 76.1 Å². The van der Waals surface area contributed by atoms with Gasteiger partial charge in [0, 0.05) is 34.6 Å². The maximum Gasteiger partial charge on any atom is 0.305 e. The van der Waals surface area contributed by atoms with Gasteiger partial charge in [0.1, 0.15) is 11.4 Å². The Bertz CT molecular complexity index is 1380. The summed E-state index contributed by atoms with van der Waals surface area (Å²) in [4.78, 5) is 27.5. The normalized spacial score (nSPS) is 22.6. The second kappa shape index (κ2) is 12.4. The number of carbonyl (C=O) groups excluding carboxylic acids is 1. The smallest absolute Gasteiger partial charge is 0.305 e. The Morgan fingerprint density at radius 2 is 1.68 bits per heavy atom. The number of carbonyl (C=O) groups is 2. The van der Waals surface area contributed by atoms with Crippen LogP contribution in [0.25, 0.3) is 0 Å². The first-order chi connectivity index (χ1) is 19.6. The first kappa shape index (κ1) is 29.4. The van der Waals surface area contributed by atoms with Crippen molar-refractivity contribution < 1.29 is 24.2 Å². The van der Waals surface area contributed by atoms with Crippen molar-refractivity contribution in [2.45, 2.75) is 63.9 Å². The number of carboxylic acids is 1. The van der Waals surface area contributed by atoms with E-state index in [0.717, 1.165) is 23.3 Å². The molecule has 0 saturated carbocycles. The number of nitrogens with zero attached hydrogens (tertiary/aromatic N) is 1. The van der Waals surface area contributed by atoms with Gasteiger partial charge >= 0.3 is 5.97 Å². The van der Waals surface area contributed by atoms with Gasteiger partial charge in [0.2, 0.25) is 5.91 Å². The van der Waals surface area contributed by atoms with E-state index in [0.29, 0.717) is 22.9 Å². The van der Waals surface area contributed by atoms with Crippen LogP contribution < -0.4 is 4.74 Å². The average molecular weight is 597 g/mol. The van der Waals surface area contributed by atoms with Gasteiger partial charge in [-0.05, 0) is 74.6 Å². The van der Waals surface area contributed by atoms with Crippen LogP contribution in [0.15, 0.2) is 72.8 Å². The first-order valence-corrected chi connectivity index (χ1v) is 14.8. The molecule has 3 aromatic rings. The van der Waals surface area contributed by atoms with Crippen LogP contribution in [-0.2, 0) is 27.3 Å². The highest BCUT2D eigenvalue weighted by Crippen LogP contribution is 2.53. The summed E-state index contributed by atoms with van der Waals surface area (Å²) in [5.74, 6) is -0.879. The molecule has 1 saturated heterocycles. The average Bonchev–Trinajstić information content (AvgIpc) is 2.95. The van der Waals surface area contributed by atoms with Crippen LogP contribution >= 0.6 is 23.2 Å². The number of ether oxygens (including phenoxy) is 2. The number of hydrogen-bond acceptors (Lipinski definition) is 4. The molecule has 5 rings (SSSR count). The molecule has 1 fully saturated rings. The molecule has 216 valence electrons. The van der Waals surface area contributed by atoms with Crippen molar-refractivity contribution in [3.8, 4) is 5.75 Å². The van der Waals surface area contributed by atoms with Gasteiger partial charge in [0.15, 0.2) is 0 Å². The zero-order chi connectivity index (χ0) is 29.1. The molecule has 41 heavy (non-hydrogen) atoms. The molecule has 4 atom stereocenters. The van der Waals surface area contributed by atoms with Crippen LogP contribution in [0.1, 0.15) is 55.9 Å². The van der Waals surface area contributed by atoms with Crippen molar-refractivity contribution >= 4 is 35.1 Å². The Kier molecular flexibility index (Phi) is 8.93. The van der Waals surface area contributed by atoms with Gasteiger partial charge in [-0.3, -0.25) is 9.59 Å². The lowest BCUT2D eigenvalue weighted by atomic mass is 9.71. The maximum absolute atomic E-state index is 14.4. The van der Waals surface area contributed by atoms with Crippen LogP contribution in [0.3, 0.4) is 0 Å². The second-order valence-electron chi connectivity index (χ2n) is 11.5. The van der Waals surface area contributed by atoms with Crippen molar-refractivity contribution in [2.75, 3.05) is 6.54 Å². The lowest BCUT2D eigenvalue weighted by Gasteiger charge is -2.51. The highest BCUT2D eigenvalue weighted by Gasteiger charge is 2.52. The molecule has 0 bridgehead atoms. The number of fused-ring (bicyclic) bond motifs is 3. The standard InChI is InChI=1S/C33H35Cl2NO5/c1-33(2)27-19-26(32(39)36(17-16-30(37)38)20-22-8-11-23(34)12-9-22)28(14-10-21-6-4-3-5-7-21)40-31(27)25-18-24(35)13-15-29(25)41-33/h3-9,11-13,15,18,26-28,31H,10,14,16-17,19-20H2,1-2H3,(H,37,38)/t26-,27+,28+,31-/m0/s1. The van der Waals surface area contributed by atoms with Gasteiger partial charge < -0.3 is 19.5 Å². The van der Waals surface area contributed by atoms with E-state index in [1.807, 2.05) is 62.4 Å². The van der Waals surface area contributed by atoms with E-state index in [1.165, 1.54) is 5.56 Å². The Morgan fingerprint density at radius 1 is 0.976 bits per heavy atom. The van der Waals surface area contributed by atoms with E-state index in [2.05, 4.69) is 12.1 Å². The molecule has 8 heteroatoms. The van der Waals surface area contributed by atoms with Gasteiger partial charge in [0.05, 0.1) is 24.5 Å². The molecule has 1 N–H and O–H groups in total. The number of aryl methyl sites for hydroxylation is 1. The number of amides is 1. The fourth-order valence-electron chi connectivity index (χ4n) is 6.08. The molecule has 0 aliphatic carbocycles. The molecular weight excluding hydrogens is 561 g/mol. The zero-order valence-corrected chi connectivity index (χ0v) is 24.8. The van der Waals surface area contributed by atoms with Gasteiger partial charge in [-0.2, -0.15) is 0 Å². The molecule has 0 spiro atoms. The van der Waals surface area contributed by atoms with Crippen molar-refractivity contribution in [1.29, 1.82) is 0 Å². The monoisotopic (exact) mass is 595 g/mol. The minimum Gasteiger partial charge on any atom is -0.487 e. The predicted molar refractivity (Wildman–Crippen MR) is 159 cm³/mol. The number of hydrogen-bond donors (Lipinski definition) is 1. The Labute approximate surface area is 251 Å². The van der Waals surface area contributed by atoms with Crippen LogP contribution in [0, 0.1) is 11.8 Å². The Morgan fingerprint density at radius 3 is 2.39 bits per heavy atom. The summed E-state index contributed by atoms with van der Waals surface area (Å²) >= 11 is 12.5. The summed E-state index contributed by atoms with van der Waals surface area (Å²) in [5, 5.41) is 10.7. The minimum absolute atomic E-state index is 0.102. The molecule has 2 aliphatic rings. The van der Waals surface area contributed by atoms with E-state index in [-0.39, 0.29) is 43.5 Å². The predicted octanol–water partition coefficient (Wildman–Crippen LogP) is 7.36. The van der Waals surface area contributed by atoms with E-state index >= 15 is 0 Å². The van der Waals surface area contributed by atoms with Crippen molar-refractivity contribution in [3.05, 3.63) is 99.5 Å². The summed E-state index contributed by atoms with van der Waals surface area (Å²) in [6.45, 7) is 4.46. The van der Waals surface area contributed by atoms with E-state index in [1.54, 1.807) is 17.0 Å². The Balaban J connectivity index is 1.47. The summed E-state index contributed by atoms with van der Waals surface area (Å²) in [7, 11) is 0. The fourth-order valence-corrected chi connectivity index (χ4v) is 6.39. The minimum atomic E-state index is -0.949. The quantitative estimate of drug-likeness (QED) is 0.279. The van der Waals surface area contributed by atoms with Crippen LogP contribution in [0.5, 0.6) is 5.75 Å². The fraction of sp³-hybridized carbons (Fsp3) is 0.394. The zero-order valence-electron chi connectivity index (χ0n) is 23.3. The summed E-state index contributed by atoms with van der Waals surface area (Å²) < 4.78 is 13.3. The summed E-state index contributed by atoms with van der Waals surface area (Å²) in [6, 6.07) is 23.0. The SMILES string of the molecule is CC1(C)Oc2ccc(Cl)cc2[C@@H]2O[C@H](CCc3ccccc3)[C@@H](C(=O)N(CCC(=O)O)Cc3ccc(Cl)cc3)C[C@H]21. The van der Waals surface area contributed by atoms with E-state index < -0.39 is 17.5 Å². The lowest BCUT2D eigenvalue weighted by Crippen LogP contribution is -2.54. The Hall–Kier alpha value is -3.06. The van der Waals surface area contributed by atoms with Crippen LogP contribution in [-0.4, -0.2) is 40.1 Å². The molecule has 2 aliphatic heterocycles. The number of halogens is 2. The lowest BCUT2D eigenvalue weighted by molar-refractivity contribution is -0.185. The number of aliphatic carboxylic acids is 1. The largest absolute Gasteiger partial charge is 0.487 e. The molecular formula is C33H35Cl2NO5. The van der Waals surface area contributed by atoms with Gasteiger partial charge in [-0.15, -0.1) is 0 Å². The highest BCUT2D eigenvalue weighted by molar-refractivity contribution is 6.30. The number of carboxylic acid groups (broad SMARTS) is 1. The van der Waals surface area contributed by atoms with Gasteiger partial charge in [0.25, 0.3) is 0 Å². The molecule has 2 heterocycles.